The molecule has 4 rings (SSSR count). The second-order valence-electron chi connectivity index (χ2n) is 5.57. The number of rotatable bonds is 5. The van der Waals surface area contributed by atoms with Crippen molar-refractivity contribution in [3.05, 3.63) is 63.3 Å². The van der Waals surface area contributed by atoms with Crippen LogP contribution in [0.5, 0.6) is 0 Å². The van der Waals surface area contributed by atoms with Gasteiger partial charge in [-0.2, -0.15) is 4.98 Å². The van der Waals surface area contributed by atoms with E-state index >= 15 is 0 Å². The van der Waals surface area contributed by atoms with Crippen molar-refractivity contribution >= 4 is 27.5 Å². The first-order chi connectivity index (χ1) is 12.6. The van der Waals surface area contributed by atoms with Crippen LogP contribution in [0, 0.1) is 0 Å². The topological polar surface area (TPSA) is 122 Å². The SMILES string of the molecule is O=C(O)c1csc2c(CCc3noc(-c4cccnc4)n3)cc(=O)[nH]c12. The highest BCUT2D eigenvalue weighted by atomic mass is 32.1. The van der Waals surface area contributed by atoms with Crippen LogP contribution in [-0.2, 0) is 12.8 Å². The number of thiophene rings is 1. The first-order valence-electron chi connectivity index (χ1n) is 7.71. The minimum atomic E-state index is -1.07. The van der Waals surface area contributed by atoms with E-state index in [2.05, 4.69) is 20.1 Å². The van der Waals surface area contributed by atoms with Crippen LogP contribution < -0.4 is 5.56 Å². The lowest BCUT2D eigenvalue weighted by atomic mass is 10.1. The normalized spacial score (nSPS) is 11.1. The van der Waals surface area contributed by atoms with Crippen molar-refractivity contribution in [2.45, 2.75) is 12.8 Å². The van der Waals surface area contributed by atoms with E-state index in [1.54, 1.807) is 18.5 Å². The average molecular weight is 368 g/mol. The van der Waals surface area contributed by atoms with Crippen molar-refractivity contribution < 1.29 is 14.4 Å². The molecule has 0 unspecified atom stereocenters. The molecule has 0 spiro atoms. The van der Waals surface area contributed by atoms with E-state index in [-0.39, 0.29) is 11.1 Å². The molecule has 4 aromatic rings. The predicted molar refractivity (Wildman–Crippen MR) is 94.3 cm³/mol. The third-order valence-corrected chi connectivity index (χ3v) is 4.92. The number of nitrogens with one attached hydrogen (secondary N) is 1. The predicted octanol–water partition coefficient (Wildman–Crippen LogP) is 2.52. The summed E-state index contributed by atoms with van der Waals surface area (Å²) >= 11 is 1.29. The minimum absolute atomic E-state index is 0.0994. The lowest BCUT2D eigenvalue weighted by Gasteiger charge is -2.01. The highest BCUT2D eigenvalue weighted by molar-refractivity contribution is 7.17. The van der Waals surface area contributed by atoms with Gasteiger partial charge in [-0.15, -0.1) is 11.3 Å². The fourth-order valence-corrected chi connectivity index (χ4v) is 3.70. The highest BCUT2D eigenvalue weighted by Gasteiger charge is 2.16. The Morgan fingerprint density at radius 3 is 3.00 bits per heavy atom. The molecule has 0 bridgehead atoms. The second-order valence-corrected chi connectivity index (χ2v) is 6.45. The summed E-state index contributed by atoms with van der Waals surface area (Å²) in [4.78, 5) is 34.1. The first-order valence-corrected chi connectivity index (χ1v) is 8.59. The van der Waals surface area contributed by atoms with Gasteiger partial charge in [0.25, 0.3) is 5.89 Å². The number of carbonyl (C=O) groups is 1. The first kappa shape index (κ1) is 16.2. The zero-order chi connectivity index (χ0) is 18.1. The molecule has 0 saturated carbocycles. The zero-order valence-electron chi connectivity index (χ0n) is 13.3. The Morgan fingerprint density at radius 2 is 2.23 bits per heavy atom. The van der Waals surface area contributed by atoms with Crippen molar-refractivity contribution in [1.29, 1.82) is 0 Å². The number of hydrogen-bond donors (Lipinski definition) is 2. The van der Waals surface area contributed by atoms with Gasteiger partial charge < -0.3 is 14.6 Å². The van der Waals surface area contributed by atoms with Gasteiger partial charge >= 0.3 is 5.97 Å². The van der Waals surface area contributed by atoms with Gasteiger partial charge in [-0.3, -0.25) is 9.78 Å². The van der Waals surface area contributed by atoms with E-state index in [0.29, 0.717) is 30.1 Å². The standard InChI is InChI=1S/C17H12N4O4S/c22-13-6-9(15-14(20-13)11(8-26-15)17(23)24)3-4-12-19-16(25-21-12)10-2-1-5-18-7-10/h1-2,5-8H,3-4H2,(H,20,22)(H,23,24). The molecule has 0 amide bonds. The number of carboxylic acid groups (broad SMARTS) is 1. The third kappa shape index (κ3) is 3.00. The summed E-state index contributed by atoms with van der Waals surface area (Å²) in [6.45, 7) is 0. The van der Waals surface area contributed by atoms with E-state index in [9.17, 15) is 14.7 Å². The highest BCUT2D eigenvalue weighted by Crippen LogP contribution is 2.27. The van der Waals surface area contributed by atoms with Crippen LogP contribution in [0.25, 0.3) is 21.7 Å². The fraction of sp³-hybridized carbons (Fsp3) is 0.118. The third-order valence-electron chi connectivity index (χ3n) is 3.86. The molecule has 0 fully saturated rings. The smallest absolute Gasteiger partial charge is 0.338 e. The Hall–Kier alpha value is -3.33. The number of carboxylic acids is 1. The Kier molecular flexibility index (Phi) is 4.05. The van der Waals surface area contributed by atoms with E-state index in [4.69, 9.17) is 4.52 Å². The molecule has 130 valence electrons. The molecule has 0 aliphatic rings. The summed E-state index contributed by atoms with van der Waals surface area (Å²) in [5, 5.41) is 14.7. The number of nitrogens with zero attached hydrogens (tertiary/aromatic N) is 3. The molecular formula is C17H12N4O4S. The van der Waals surface area contributed by atoms with E-state index < -0.39 is 5.97 Å². The molecule has 0 radical (unpaired) electrons. The molecule has 0 atom stereocenters. The number of aromatic amines is 1. The molecule has 4 aromatic heterocycles. The van der Waals surface area contributed by atoms with Gasteiger partial charge in [0.2, 0.25) is 5.56 Å². The van der Waals surface area contributed by atoms with Gasteiger partial charge in [-0.1, -0.05) is 5.16 Å². The van der Waals surface area contributed by atoms with Crippen LogP contribution in [-0.4, -0.2) is 31.2 Å². The van der Waals surface area contributed by atoms with Crippen LogP contribution in [0.15, 0.2) is 45.3 Å². The van der Waals surface area contributed by atoms with Crippen molar-refractivity contribution in [3.8, 4) is 11.5 Å². The lowest BCUT2D eigenvalue weighted by molar-refractivity contribution is 0.0699. The molecule has 0 aliphatic heterocycles. The molecule has 2 N–H and O–H groups in total. The Labute approximate surface area is 150 Å². The molecule has 4 heterocycles. The molecular weight excluding hydrogens is 356 g/mol. The summed E-state index contributed by atoms with van der Waals surface area (Å²) < 4.78 is 5.99. The van der Waals surface area contributed by atoms with E-state index in [1.165, 1.54) is 22.8 Å². The average Bonchev–Trinajstić information content (AvgIpc) is 3.27. The van der Waals surface area contributed by atoms with Crippen LogP contribution in [0.1, 0.15) is 21.7 Å². The van der Waals surface area contributed by atoms with Gasteiger partial charge in [0.15, 0.2) is 5.82 Å². The Morgan fingerprint density at radius 1 is 1.35 bits per heavy atom. The summed E-state index contributed by atoms with van der Waals surface area (Å²) in [5.41, 5.74) is 1.61. The maximum Gasteiger partial charge on any atom is 0.338 e. The number of pyridine rings is 2. The Bertz CT molecular complexity index is 1150. The number of H-pyrrole nitrogens is 1. The molecule has 0 aromatic carbocycles. The largest absolute Gasteiger partial charge is 0.478 e. The quantitative estimate of drug-likeness (QED) is 0.555. The van der Waals surface area contributed by atoms with Crippen LogP contribution in [0.4, 0.5) is 0 Å². The van der Waals surface area contributed by atoms with E-state index in [1.807, 2.05) is 6.07 Å². The van der Waals surface area contributed by atoms with Crippen LogP contribution in [0.3, 0.4) is 0 Å². The second kappa shape index (κ2) is 6.52. The number of hydrogen-bond acceptors (Lipinski definition) is 7. The number of fused-ring (bicyclic) bond motifs is 1. The lowest BCUT2D eigenvalue weighted by Crippen LogP contribution is -2.08. The summed E-state index contributed by atoms with van der Waals surface area (Å²) in [6.07, 6.45) is 4.25. The number of aromatic carboxylic acids is 1. The minimum Gasteiger partial charge on any atom is -0.478 e. The van der Waals surface area contributed by atoms with Gasteiger partial charge in [-0.05, 0) is 24.1 Å². The van der Waals surface area contributed by atoms with Gasteiger partial charge in [0.05, 0.1) is 21.3 Å². The molecule has 26 heavy (non-hydrogen) atoms. The fourth-order valence-electron chi connectivity index (χ4n) is 2.65. The van der Waals surface area contributed by atoms with Gasteiger partial charge in [-0.25, -0.2) is 4.79 Å². The number of aryl methyl sites for hydroxylation is 2. The van der Waals surface area contributed by atoms with Crippen molar-refractivity contribution in [1.82, 2.24) is 20.1 Å². The van der Waals surface area contributed by atoms with Gasteiger partial charge in [0, 0.05) is 30.3 Å². The molecule has 9 heteroatoms. The molecule has 8 nitrogen and oxygen atoms in total. The maximum atomic E-state index is 11.9. The van der Waals surface area contributed by atoms with Crippen molar-refractivity contribution in [2.75, 3.05) is 0 Å². The van der Waals surface area contributed by atoms with Crippen LogP contribution in [0.2, 0.25) is 0 Å². The van der Waals surface area contributed by atoms with Crippen molar-refractivity contribution in [3.63, 3.8) is 0 Å². The van der Waals surface area contributed by atoms with Gasteiger partial charge in [0.1, 0.15) is 0 Å². The number of aromatic nitrogens is 4. The maximum absolute atomic E-state index is 11.9. The monoisotopic (exact) mass is 368 g/mol. The molecule has 0 saturated heterocycles. The zero-order valence-corrected chi connectivity index (χ0v) is 14.1. The summed E-state index contributed by atoms with van der Waals surface area (Å²) in [5.74, 6) is -0.177. The Balaban J connectivity index is 1.60. The summed E-state index contributed by atoms with van der Waals surface area (Å²) in [6, 6.07) is 5.08. The van der Waals surface area contributed by atoms with Crippen LogP contribution >= 0.6 is 11.3 Å². The van der Waals surface area contributed by atoms with E-state index in [0.717, 1.165) is 15.8 Å². The van der Waals surface area contributed by atoms with Crippen molar-refractivity contribution in [2.24, 2.45) is 0 Å². The summed E-state index contributed by atoms with van der Waals surface area (Å²) in [7, 11) is 0. The molecule has 0 aliphatic carbocycles.